The molecule has 0 bridgehead atoms. The molecule has 4 aliphatic rings. The number of amides is 1. The molecule has 8 nitrogen and oxygen atoms in total. The number of aliphatic carboxylic acids is 1. The van der Waals surface area contributed by atoms with E-state index >= 15 is 0 Å². The van der Waals surface area contributed by atoms with Gasteiger partial charge >= 0.3 is 0 Å². The molecular weight excluding hydrogens is 450 g/mol. The molecule has 0 aromatic rings. The lowest BCUT2D eigenvalue weighted by molar-refractivity contribution is -0.309. The van der Waals surface area contributed by atoms with Crippen LogP contribution in [0, 0.1) is 46.3 Å². The van der Waals surface area contributed by atoms with Crippen molar-refractivity contribution in [3.63, 3.8) is 0 Å². The van der Waals surface area contributed by atoms with Crippen LogP contribution in [0.15, 0.2) is 0 Å². The van der Waals surface area contributed by atoms with Gasteiger partial charge in [-0.3, -0.25) is 4.79 Å². The molecule has 200 valence electrons. The largest absolute Gasteiger partial charge is 0.548 e. The summed E-state index contributed by atoms with van der Waals surface area (Å²) in [4.78, 5) is 23.2. The Balaban J connectivity index is 1.47. The second-order valence-electron chi connectivity index (χ2n) is 12.7. The van der Waals surface area contributed by atoms with Gasteiger partial charge < -0.3 is 35.6 Å². The number of carbonyl (C=O) groups is 2. The minimum atomic E-state index is -1.51. The van der Waals surface area contributed by atoms with Crippen LogP contribution in [0.5, 0.6) is 0 Å². The predicted molar refractivity (Wildman–Crippen MR) is 126 cm³/mol. The fourth-order valence-electron chi connectivity index (χ4n) is 9.14. The number of nitrogens with one attached hydrogen (secondary N) is 1. The van der Waals surface area contributed by atoms with Crippen molar-refractivity contribution >= 4 is 11.9 Å². The van der Waals surface area contributed by atoms with Crippen LogP contribution in [0.3, 0.4) is 0 Å². The first-order valence-corrected chi connectivity index (χ1v) is 13.6. The van der Waals surface area contributed by atoms with Crippen LogP contribution in [0.2, 0.25) is 0 Å². The highest BCUT2D eigenvalue weighted by molar-refractivity contribution is 5.82. The van der Waals surface area contributed by atoms with Crippen LogP contribution in [0.1, 0.15) is 78.6 Å². The smallest absolute Gasteiger partial charge is 0.220 e. The van der Waals surface area contributed by atoms with E-state index < -0.39 is 36.7 Å². The van der Waals surface area contributed by atoms with Crippen molar-refractivity contribution in [3.05, 3.63) is 0 Å². The summed E-state index contributed by atoms with van der Waals surface area (Å²) in [7, 11) is 0. The number of aliphatic hydroxyl groups excluding tert-OH is 4. The number of fused-ring (bicyclic) bond motifs is 5. The lowest BCUT2D eigenvalue weighted by Crippen LogP contribution is -2.62. The van der Waals surface area contributed by atoms with E-state index in [-0.39, 0.29) is 58.9 Å². The molecule has 4 rings (SSSR count). The van der Waals surface area contributed by atoms with Crippen LogP contribution in [-0.4, -0.2) is 63.3 Å². The number of rotatable bonds is 7. The monoisotopic (exact) mass is 494 g/mol. The molecule has 0 saturated heterocycles. The zero-order valence-electron chi connectivity index (χ0n) is 21.4. The molecule has 0 radical (unpaired) electrons. The lowest BCUT2D eigenvalue weighted by atomic mass is 9.43. The third-order valence-corrected chi connectivity index (χ3v) is 11.1. The van der Waals surface area contributed by atoms with Crippen LogP contribution in [0.25, 0.3) is 0 Å². The number of carboxylic acids is 1. The molecule has 12 atom stereocenters. The summed E-state index contributed by atoms with van der Waals surface area (Å²) in [5.74, 6) is -0.681. The summed E-state index contributed by atoms with van der Waals surface area (Å²) < 4.78 is 0. The van der Waals surface area contributed by atoms with E-state index in [1.807, 2.05) is 0 Å². The molecule has 0 spiro atoms. The molecule has 0 aromatic heterocycles. The highest BCUT2D eigenvalue weighted by atomic mass is 16.4. The summed E-state index contributed by atoms with van der Waals surface area (Å²) in [6.45, 7) is 5.89. The molecule has 4 saturated carbocycles. The molecule has 4 aliphatic carbocycles. The summed E-state index contributed by atoms with van der Waals surface area (Å²) in [5.41, 5.74) is -0.302. The Hall–Kier alpha value is -1.22. The average Bonchev–Trinajstić information content (AvgIpc) is 3.16. The second-order valence-corrected chi connectivity index (χ2v) is 12.7. The standard InChI is InChI=1S/C27H45NO7/c1-14(4-7-23(33)28-20(13-29)25(34)35)17-5-6-18-24-19(12-22(32)27(17,18)3)26(2)9-8-16(30)10-15(26)11-21(24)31/h14-22,24,29-32H,4-13H2,1-3H3,(H,28,33)(H,34,35)/p-1/t14-,15+,16-,17-,18+,19+,20+,21-,22+,24+,26+,27-/m1/s1. The van der Waals surface area contributed by atoms with Gasteiger partial charge in [-0.25, -0.2) is 0 Å². The Morgan fingerprint density at radius 1 is 1.06 bits per heavy atom. The third kappa shape index (κ3) is 4.53. The molecule has 5 N–H and O–H groups in total. The highest BCUT2D eigenvalue weighted by Gasteiger charge is 2.65. The first kappa shape index (κ1) is 26.8. The molecule has 4 fully saturated rings. The van der Waals surface area contributed by atoms with Crippen molar-refractivity contribution < 1.29 is 35.1 Å². The van der Waals surface area contributed by atoms with Crippen LogP contribution < -0.4 is 10.4 Å². The molecule has 35 heavy (non-hydrogen) atoms. The van der Waals surface area contributed by atoms with Crippen LogP contribution >= 0.6 is 0 Å². The van der Waals surface area contributed by atoms with Gasteiger partial charge in [-0.1, -0.05) is 20.8 Å². The molecule has 0 aliphatic heterocycles. The number of carboxylic acid groups (broad SMARTS) is 1. The van der Waals surface area contributed by atoms with Gasteiger partial charge in [-0.05, 0) is 97.7 Å². The van der Waals surface area contributed by atoms with E-state index in [1.165, 1.54) is 0 Å². The van der Waals surface area contributed by atoms with Crippen molar-refractivity contribution in [2.75, 3.05) is 6.61 Å². The third-order valence-electron chi connectivity index (χ3n) is 11.1. The molecule has 8 heteroatoms. The second kappa shape index (κ2) is 9.92. The van der Waals surface area contributed by atoms with Gasteiger partial charge in [-0.2, -0.15) is 0 Å². The van der Waals surface area contributed by atoms with Crippen molar-refractivity contribution in [3.8, 4) is 0 Å². The Labute approximate surface area is 208 Å². The minimum absolute atomic E-state index is 0.0372. The van der Waals surface area contributed by atoms with E-state index in [4.69, 9.17) is 5.11 Å². The van der Waals surface area contributed by atoms with Crippen molar-refractivity contribution in [1.82, 2.24) is 5.32 Å². The van der Waals surface area contributed by atoms with E-state index in [1.54, 1.807) is 0 Å². The zero-order chi connectivity index (χ0) is 25.7. The maximum Gasteiger partial charge on any atom is 0.220 e. The first-order valence-electron chi connectivity index (χ1n) is 13.6. The maximum absolute atomic E-state index is 12.3. The SMILES string of the molecule is C[C@H](CCC(=O)N[C@@H](CO)C(=O)[O-])[C@H]1CC[C@H]2[C@@H]3[C@H](O)C[C@@H]4C[C@H](O)CC[C@]4(C)[C@H]3C[C@H](O)[C@]12C. The van der Waals surface area contributed by atoms with Gasteiger partial charge in [-0.15, -0.1) is 0 Å². The minimum Gasteiger partial charge on any atom is -0.548 e. The fourth-order valence-corrected chi connectivity index (χ4v) is 9.14. The van der Waals surface area contributed by atoms with Gasteiger partial charge in [0.25, 0.3) is 0 Å². The highest BCUT2D eigenvalue weighted by Crippen LogP contribution is 2.68. The lowest BCUT2D eigenvalue weighted by Gasteiger charge is -2.63. The van der Waals surface area contributed by atoms with Crippen LogP contribution in [0.4, 0.5) is 0 Å². The van der Waals surface area contributed by atoms with Gasteiger partial charge in [0.1, 0.15) is 0 Å². The van der Waals surface area contributed by atoms with E-state index in [9.17, 15) is 30.0 Å². The molecule has 1 amide bonds. The summed E-state index contributed by atoms with van der Waals surface area (Å²) in [6, 6.07) is -1.40. The van der Waals surface area contributed by atoms with Gasteiger partial charge in [0, 0.05) is 6.42 Å². The zero-order valence-corrected chi connectivity index (χ0v) is 21.4. The van der Waals surface area contributed by atoms with Crippen molar-refractivity contribution in [2.45, 2.75) is 103 Å². The van der Waals surface area contributed by atoms with Crippen LogP contribution in [-0.2, 0) is 9.59 Å². The first-order chi connectivity index (χ1) is 16.4. The summed E-state index contributed by atoms with van der Waals surface area (Å²) in [6.07, 6.45) is 5.29. The maximum atomic E-state index is 12.3. The summed E-state index contributed by atoms with van der Waals surface area (Å²) in [5, 5.41) is 55.6. The van der Waals surface area contributed by atoms with E-state index in [0.29, 0.717) is 12.8 Å². The van der Waals surface area contributed by atoms with Crippen molar-refractivity contribution in [2.24, 2.45) is 46.3 Å². The molecule has 0 unspecified atom stereocenters. The van der Waals surface area contributed by atoms with Gasteiger partial charge in [0.05, 0.1) is 36.9 Å². The van der Waals surface area contributed by atoms with Gasteiger partial charge in [0.2, 0.25) is 5.91 Å². The van der Waals surface area contributed by atoms with Crippen molar-refractivity contribution in [1.29, 1.82) is 0 Å². The number of hydrogen-bond acceptors (Lipinski definition) is 7. The number of hydrogen-bond donors (Lipinski definition) is 5. The Morgan fingerprint density at radius 3 is 2.43 bits per heavy atom. The van der Waals surface area contributed by atoms with E-state index in [0.717, 1.165) is 38.5 Å². The normalized spacial score (nSPS) is 46.6. The Morgan fingerprint density at radius 2 is 1.77 bits per heavy atom. The summed E-state index contributed by atoms with van der Waals surface area (Å²) >= 11 is 0. The predicted octanol–water partition coefficient (Wildman–Crippen LogP) is 0.591. The molecule has 0 aromatic carbocycles. The topological polar surface area (TPSA) is 150 Å². The average molecular weight is 495 g/mol. The van der Waals surface area contributed by atoms with Gasteiger partial charge in [0.15, 0.2) is 0 Å². The quantitative estimate of drug-likeness (QED) is 0.348. The fraction of sp³-hybridized carbons (Fsp3) is 0.926. The molecule has 0 heterocycles. The molecular formula is C27H44NO7-. The Bertz CT molecular complexity index is 806. The van der Waals surface area contributed by atoms with E-state index in [2.05, 4.69) is 26.1 Å². The number of aliphatic hydroxyl groups is 4. The Kier molecular flexibility index (Phi) is 7.60. The number of carbonyl (C=O) groups excluding carboxylic acids is 2.